The number of rotatable bonds is 3. The lowest BCUT2D eigenvalue weighted by Gasteiger charge is -2.09. The molecule has 0 atom stereocenters. The summed E-state index contributed by atoms with van der Waals surface area (Å²) in [6.45, 7) is 4.04. The molecule has 0 spiro atoms. The average molecular weight is 181 g/mol. The Bertz CT molecular complexity index is 245. The molecule has 1 nitrogen and oxygen atoms in total. The van der Waals surface area contributed by atoms with Crippen molar-refractivity contribution in [2.24, 2.45) is 0 Å². The highest BCUT2D eigenvalue weighted by Gasteiger charge is 1.97. The summed E-state index contributed by atoms with van der Waals surface area (Å²) in [7, 11) is 0. The van der Waals surface area contributed by atoms with Gasteiger partial charge in [-0.1, -0.05) is 0 Å². The van der Waals surface area contributed by atoms with Crippen molar-refractivity contribution in [1.82, 2.24) is 0 Å². The first-order chi connectivity index (χ1) is 5.72. The lowest BCUT2D eigenvalue weighted by atomic mass is 10.3. The SMILES string of the molecule is CSc1c[c]cc(OC(C)C)c1. The molecule has 0 saturated carbocycles. The van der Waals surface area contributed by atoms with E-state index in [0.29, 0.717) is 0 Å². The fourth-order valence-corrected chi connectivity index (χ4v) is 1.31. The molecular formula is C10H13OS. The maximum absolute atomic E-state index is 5.51. The van der Waals surface area contributed by atoms with Crippen LogP contribution in [0.1, 0.15) is 13.8 Å². The number of benzene rings is 1. The lowest BCUT2D eigenvalue weighted by Crippen LogP contribution is -2.05. The summed E-state index contributed by atoms with van der Waals surface area (Å²) in [6, 6.07) is 8.89. The summed E-state index contributed by atoms with van der Waals surface area (Å²) in [5, 5.41) is 0. The Kier molecular flexibility index (Phi) is 3.48. The normalized spacial score (nSPS) is 10.3. The van der Waals surface area contributed by atoms with Crippen LogP contribution in [0.4, 0.5) is 0 Å². The maximum Gasteiger partial charge on any atom is 0.121 e. The van der Waals surface area contributed by atoms with Gasteiger partial charge in [0.25, 0.3) is 0 Å². The Hall–Kier alpha value is -0.630. The van der Waals surface area contributed by atoms with Crippen molar-refractivity contribution in [3.8, 4) is 5.75 Å². The minimum Gasteiger partial charge on any atom is -0.491 e. The molecule has 12 heavy (non-hydrogen) atoms. The highest BCUT2D eigenvalue weighted by molar-refractivity contribution is 7.98. The Labute approximate surface area is 78.1 Å². The van der Waals surface area contributed by atoms with Gasteiger partial charge in [0, 0.05) is 4.90 Å². The standard InChI is InChI=1S/C10H13OS/c1-8(2)11-9-5-4-6-10(7-9)12-3/h5-8H,1-3H3. The van der Waals surface area contributed by atoms with Gasteiger partial charge in [0.2, 0.25) is 0 Å². The van der Waals surface area contributed by atoms with Crippen LogP contribution in [0.2, 0.25) is 0 Å². The van der Waals surface area contributed by atoms with Gasteiger partial charge < -0.3 is 4.74 Å². The fourth-order valence-electron chi connectivity index (χ4n) is 0.888. The first-order valence-electron chi connectivity index (χ1n) is 3.94. The van der Waals surface area contributed by atoms with Gasteiger partial charge in [-0.05, 0) is 44.4 Å². The van der Waals surface area contributed by atoms with Crippen LogP contribution >= 0.6 is 11.8 Å². The predicted octanol–water partition coefficient (Wildman–Crippen LogP) is 3.00. The zero-order valence-corrected chi connectivity index (χ0v) is 8.44. The van der Waals surface area contributed by atoms with Crippen molar-refractivity contribution < 1.29 is 4.74 Å². The summed E-state index contributed by atoms with van der Waals surface area (Å²) < 4.78 is 5.51. The molecule has 0 N–H and O–H groups in total. The number of thioether (sulfide) groups is 1. The summed E-state index contributed by atoms with van der Waals surface area (Å²) in [4.78, 5) is 1.19. The van der Waals surface area contributed by atoms with Crippen molar-refractivity contribution in [2.45, 2.75) is 24.8 Å². The molecule has 0 aliphatic heterocycles. The minimum absolute atomic E-state index is 0.232. The van der Waals surface area contributed by atoms with Gasteiger partial charge in [0.05, 0.1) is 6.10 Å². The van der Waals surface area contributed by atoms with E-state index in [0.717, 1.165) is 5.75 Å². The third-order valence-corrected chi connectivity index (χ3v) is 2.05. The van der Waals surface area contributed by atoms with Gasteiger partial charge in [-0.15, -0.1) is 11.8 Å². The number of hydrogen-bond acceptors (Lipinski definition) is 2. The monoisotopic (exact) mass is 181 g/mol. The fraction of sp³-hybridized carbons (Fsp3) is 0.400. The summed E-state index contributed by atoms with van der Waals surface area (Å²) in [5.41, 5.74) is 0. The molecular weight excluding hydrogens is 168 g/mol. The molecule has 0 aliphatic carbocycles. The van der Waals surface area contributed by atoms with E-state index >= 15 is 0 Å². The summed E-state index contributed by atoms with van der Waals surface area (Å²) >= 11 is 1.70. The zero-order valence-electron chi connectivity index (χ0n) is 7.63. The van der Waals surface area contributed by atoms with Crippen LogP contribution in [0, 0.1) is 6.07 Å². The molecule has 0 aromatic heterocycles. The van der Waals surface area contributed by atoms with Gasteiger partial charge in [0.15, 0.2) is 0 Å². The smallest absolute Gasteiger partial charge is 0.121 e. The number of ether oxygens (including phenoxy) is 1. The van der Waals surface area contributed by atoms with Crippen LogP contribution in [0.25, 0.3) is 0 Å². The van der Waals surface area contributed by atoms with Gasteiger partial charge in [-0.25, -0.2) is 0 Å². The Morgan fingerprint density at radius 3 is 2.75 bits per heavy atom. The number of hydrogen-bond donors (Lipinski definition) is 0. The van der Waals surface area contributed by atoms with Gasteiger partial charge in [-0.3, -0.25) is 0 Å². The van der Waals surface area contributed by atoms with Crippen LogP contribution in [0.5, 0.6) is 5.75 Å². The Morgan fingerprint density at radius 1 is 1.42 bits per heavy atom. The molecule has 0 bridgehead atoms. The molecule has 1 rings (SSSR count). The third kappa shape index (κ3) is 2.78. The lowest BCUT2D eigenvalue weighted by molar-refractivity contribution is 0.242. The zero-order chi connectivity index (χ0) is 8.97. The highest BCUT2D eigenvalue weighted by atomic mass is 32.2. The van der Waals surface area contributed by atoms with Gasteiger partial charge >= 0.3 is 0 Å². The molecule has 65 valence electrons. The molecule has 0 aliphatic rings. The predicted molar refractivity (Wildman–Crippen MR) is 52.8 cm³/mol. The van der Waals surface area contributed by atoms with E-state index in [1.54, 1.807) is 11.8 Å². The van der Waals surface area contributed by atoms with Crippen LogP contribution in [0.15, 0.2) is 23.1 Å². The molecule has 0 heterocycles. The molecule has 0 amide bonds. The second-order valence-corrected chi connectivity index (χ2v) is 3.65. The summed E-state index contributed by atoms with van der Waals surface area (Å²) in [6.07, 6.45) is 2.28. The molecule has 1 aromatic carbocycles. The highest BCUT2D eigenvalue weighted by Crippen LogP contribution is 2.20. The van der Waals surface area contributed by atoms with Crippen molar-refractivity contribution in [3.63, 3.8) is 0 Å². The van der Waals surface area contributed by atoms with Crippen LogP contribution < -0.4 is 4.74 Å². The quantitative estimate of drug-likeness (QED) is 0.663. The first-order valence-corrected chi connectivity index (χ1v) is 5.16. The van der Waals surface area contributed by atoms with Crippen LogP contribution in [0.3, 0.4) is 0 Å². The molecule has 2 heteroatoms. The average Bonchev–Trinajstić information content (AvgIpc) is 2.03. The van der Waals surface area contributed by atoms with E-state index in [4.69, 9.17) is 4.74 Å². The molecule has 0 unspecified atom stereocenters. The van der Waals surface area contributed by atoms with Gasteiger partial charge in [-0.2, -0.15) is 0 Å². The van der Waals surface area contributed by atoms with E-state index in [9.17, 15) is 0 Å². The van der Waals surface area contributed by atoms with Crippen molar-refractivity contribution in [1.29, 1.82) is 0 Å². The van der Waals surface area contributed by atoms with E-state index in [1.807, 2.05) is 38.3 Å². The van der Waals surface area contributed by atoms with Crippen LogP contribution in [-0.4, -0.2) is 12.4 Å². The minimum atomic E-state index is 0.232. The van der Waals surface area contributed by atoms with Gasteiger partial charge in [0.1, 0.15) is 5.75 Å². The topological polar surface area (TPSA) is 9.23 Å². The Balaban J connectivity index is 2.72. The van der Waals surface area contributed by atoms with Crippen molar-refractivity contribution in [2.75, 3.05) is 6.26 Å². The van der Waals surface area contributed by atoms with E-state index < -0.39 is 0 Å². The first kappa shape index (κ1) is 9.46. The van der Waals surface area contributed by atoms with E-state index in [-0.39, 0.29) is 6.10 Å². The molecule has 1 radical (unpaired) electrons. The van der Waals surface area contributed by atoms with Crippen LogP contribution in [-0.2, 0) is 0 Å². The van der Waals surface area contributed by atoms with E-state index in [1.165, 1.54) is 4.90 Å². The third-order valence-electron chi connectivity index (χ3n) is 1.34. The second kappa shape index (κ2) is 4.41. The summed E-state index contributed by atoms with van der Waals surface area (Å²) in [5.74, 6) is 0.900. The molecule has 1 aromatic rings. The van der Waals surface area contributed by atoms with E-state index in [2.05, 4.69) is 6.07 Å². The second-order valence-electron chi connectivity index (χ2n) is 2.78. The molecule has 0 saturated heterocycles. The van der Waals surface area contributed by atoms with Crippen molar-refractivity contribution >= 4 is 11.8 Å². The Morgan fingerprint density at radius 2 is 2.17 bits per heavy atom. The maximum atomic E-state index is 5.51. The molecule has 0 fully saturated rings. The largest absolute Gasteiger partial charge is 0.491 e. The van der Waals surface area contributed by atoms with Crippen molar-refractivity contribution in [3.05, 3.63) is 24.3 Å².